The van der Waals surface area contributed by atoms with Gasteiger partial charge in [-0.1, -0.05) is 43.2 Å². The molecule has 2 aliphatic heterocycles. The van der Waals surface area contributed by atoms with E-state index in [1.807, 2.05) is 0 Å². The van der Waals surface area contributed by atoms with E-state index in [9.17, 15) is 9.59 Å². The molecule has 0 amide bonds. The third-order valence-electron chi connectivity index (χ3n) is 0.966. The van der Waals surface area contributed by atoms with Crippen molar-refractivity contribution in [1.29, 1.82) is 0 Å². The van der Waals surface area contributed by atoms with Gasteiger partial charge in [-0.3, -0.25) is 9.59 Å². The molecule has 0 aromatic heterocycles. The van der Waals surface area contributed by atoms with E-state index >= 15 is 0 Å². The van der Waals surface area contributed by atoms with Gasteiger partial charge in [0.15, 0.2) is 9.16 Å². The maximum atomic E-state index is 10.1. The van der Waals surface area contributed by atoms with Gasteiger partial charge in [0.25, 0.3) is 0 Å². The zero-order chi connectivity index (χ0) is 12.0. The number of carboxylic acid groups (broad SMARTS) is 2. The summed E-state index contributed by atoms with van der Waals surface area (Å²) in [5, 5.41) is 16.7. The summed E-state index contributed by atoms with van der Waals surface area (Å²) in [4.78, 5) is 20.3. The molecule has 0 atom stereocenters. The number of rotatable bonds is 2. The summed E-state index contributed by atoms with van der Waals surface area (Å²) in [7, 11) is 11.7. The molecule has 94 valence electrons. The average Bonchev–Trinajstić information content (AvgIpc) is 2.93. The van der Waals surface area contributed by atoms with Crippen LogP contribution in [0.4, 0.5) is 0 Å². The average molecular weight is 438 g/mol. The van der Waals surface area contributed by atoms with Crippen LogP contribution >= 0.6 is 82.5 Å². The van der Waals surface area contributed by atoms with Gasteiger partial charge in [-0.25, -0.2) is 0 Å². The number of carboxylic acids is 2. The first-order valence-electron chi connectivity index (χ1n) is 3.38. The fourth-order valence-corrected chi connectivity index (χ4v) is 16.6. The number of aliphatic carboxylic acids is 2. The molecular weight excluding hydrogens is 434 g/mol. The maximum absolute atomic E-state index is 10.1. The fraction of sp³-hybridized carbons (Fsp3) is 0.500. The van der Waals surface area contributed by atoms with Gasteiger partial charge in [0, 0.05) is 19.5 Å². The van der Waals surface area contributed by atoms with Gasteiger partial charge in [-0.05, 0) is 39.3 Å². The van der Waals surface area contributed by atoms with Crippen molar-refractivity contribution in [1.82, 2.24) is 0 Å². The molecule has 4 nitrogen and oxygen atoms in total. The maximum Gasteiger partial charge on any atom is 0.328 e. The van der Waals surface area contributed by atoms with Crippen LogP contribution in [0.2, 0.25) is 0 Å². The molecule has 0 aromatic rings. The van der Waals surface area contributed by atoms with Gasteiger partial charge < -0.3 is 10.2 Å². The topological polar surface area (TPSA) is 74.6 Å². The molecule has 0 saturated carbocycles. The second-order valence-electron chi connectivity index (χ2n) is 2.00. The van der Waals surface area contributed by atoms with Crippen LogP contribution in [0.1, 0.15) is 0 Å². The predicted molar refractivity (Wildman–Crippen MR) is 83.6 cm³/mol. The summed E-state index contributed by atoms with van der Waals surface area (Å²) in [6.07, 6.45) is 0. The summed E-state index contributed by atoms with van der Waals surface area (Å²) < 4.78 is -0.519. The molecule has 0 aliphatic carbocycles. The van der Waals surface area contributed by atoms with Gasteiger partial charge in [-0.2, -0.15) is 0 Å². The molecule has 0 aromatic carbocycles. The van der Waals surface area contributed by atoms with Crippen molar-refractivity contribution >= 4 is 94.4 Å². The van der Waals surface area contributed by atoms with E-state index in [0.29, 0.717) is 0 Å². The van der Waals surface area contributed by atoms with Crippen LogP contribution in [-0.4, -0.2) is 31.3 Å². The second-order valence-corrected chi connectivity index (χ2v) is 14.6. The van der Waals surface area contributed by atoms with Crippen molar-refractivity contribution < 1.29 is 39.3 Å². The van der Waals surface area contributed by atoms with Crippen LogP contribution in [0.15, 0.2) is 0 Å². The van der Waals surface area contributed by atoms with E-state index in [-0.39, 0.29) is 28.6 Å². The molecule has 2 aliphatic rings. The van der Waals surface area contributed by atoms with Crippen LogP contribution in [-0.2, 0) is 29.1 Å². The Morgan fingerprint density at radius 1 is 0.706 bits per heavy atom. The predicted octanol–water partition coefficient (Wildman–Crippen LogP) is 4.17. The molecule has 2 rings (SSSR count). The largest absolute Gasteiger partial charge is 0.480 e. The zero-order valence-electron chi connectivity index (χ0n) is 7.84. The van der Waals surface area contributed by atoms with Crippen molar-refractivity contribution in [2.45, 2.75) is 9.16 Å². The molecule has 2 saturated heterocycles. The molecule has 13 heteroatoms. The van der Waals surface area contributed by atoms with Crippen LogP contribution in [0.5, 0.6) is 0 Å². The van der Waals surface area contributed by atoms with E-state index in [4.69, 9.17) is 10.2 Å². The zero-order valence-corrected chi connectivity index (χ0v) is 17.3. The van der Waals surface area contributed by atoms with Crippen LogP contribution < -0.4 is 0 Å². The Balaban J connectivity index is 0.000000284. The smallest absolute Gasteiger partial charge is 0.328 e. The number of hydrogen-bond donors (Lipinski definition) is 2. The number of hydrogen-bond acceptors (Lipinski definition) is 10. The Morgan fingerprint density at radius 3 is 1.06 bits per heavy atom. The molecular formula is C4H4O4S8Zn. The SMILES string of the molecule is O=C(O)C1SSSS1.O=C(O)C1SSSS1.[Zn]. The summed E-state index contributed by atoms with van der Waals surface area (Å²) in [5.41, 5.74) is 0. The molecule has 0 radical (unpaired) electrons. The van der Waals surface area contributed by atoms with E-state index in [2.05, 4.69) is 0 Å². The quantitative estimate of drug-likeness (QED) is 0.480. The molecule has 0 bridgehead atoms. The monoisotopic (exact) mass is 436 g/mol. The minimum atomic E-state index is -0.725. The van der Waals surface area contributed by atoms with Gasteiger partial charge in [-0.15, -0.1) is 0 Å². The van der Waals surface area contributed by atoms with Gasteiger partial charge in [0.05, 0.1) is 0 Å². The van der Waals surface area contributed by atoms with Crippen molar-refractivity contribution in [3.05, 3.63) is 0 Å². The van der Waals surface area contributed by atoms with Crippen LogP contribution in [0.25, 0.3) is 0 Å². The first-order valence-corrected chi connectivity index (χ1v) is 13.3. The normalized spacial score (nSPS) is 20.2. The third kappa shape index (κ3) is 8.28. The minimum Gasteiger partial charge on any atom is -0.480 e. The van der Waals surface area contributed by atoms with Gasteiger partial charge in [0.2, 0.25) is 0 Å². The minimum absolute atomic E-state index is 0. The first-order chi connectivity index (χ1) is 7.61. The first kappa shape index (κ1) is 19.4. The molecule has 2 fully saturated rings. The summed E-state index contributed by atoms with van der Waals surface area (Å²) in [6.45, 7) is 0. The van der Waals surface area contributed by atoms with Crippen molar-refractivity contribution in [2.75, 3.05) is 0 Å². The standard InChI is InChI=1S/2C2H2O2S4.Zn/c2*3-1(4)2-5-7-8-6-2;/h2*2H,(H,3,4);. The summed E-state index contributed by atoms with van der Waals surface area (Å²) >= 11 is 0. The molecule has 0 unspecified atom stereocenters. The Bertz CT molecular complexity index is 228. The molecule has 2 heterocycles. The molecule has 0 spiro atoms. The van der Waals surface area contributed by atoms with Crippen molar-refractivity contribution in [3.8, 4) is 0 Å². The summed E-state index contributed by atoms with van der Waals surface area (Å²) in [5.74, 6) is -1.45. The van der Waals surface area contributed by atoms with Crippen molar-refractivity contribution in [2.24, 2.45) is 0 Å². The van der Waals surface area contributed by atoms with Gasteiger partial charge in [0.1, 0.15) is 0 Å². The van der Waals surface area contributed by atoms with Gasteiger partial charge >= 0.3 is 11.9 Å². The van der Waals surface area contributed by atoms with Crippen LogP contribution in [0, 0.1) is 0 Å². The Labute approximate surface area is 141 Å². The van der Waals surface area contributed by atoms with Crippen LogP contribution in [0.3, 0.4) is 0 Å². The Kier molecular flexibility index (Phi) is 12.6. The Morgan fingerprint density at radius 2 is 0.941 bits per heavy atom. The molecule has 17 heavy (non-hydrogen) atoms. The third-order valence-corrected chi connectivity index (χ3v) is 15.9. The van der Waals surface area contributed by atoms with E-state index in [0.717, 1.165) is 0 Å². The summed E-state index contributed by atoms with van der Waals surface area (Å²) in [6, 6.07) is 0. The van der Waals surface area contributed by atoms with E-state index in [1.54, 1.807) is 0 Å². The van der Waals surface area contributed by atoms with E-state index < -0.39 is 11.9 Å². The Hall–Kier alpha value is 2.36. The fourth-order valence-electron chi connectivity index (χ4n) is 0.404. The second kappa shape index (κ2) is 11.1. The molecule has 2 N–H and O–H groups in total. The van der Waals surface area contributed by atoms with Crippen molar-refractivity contribution in [3.63, 3.8) is 0 Å². The van der Waals surface area contributed by atoms with E-state index in [1.165, 1.54) is 82.5 Å². The number of carbonyl (C=O) groups is 2.